The van der Waals surface area contributed by atoms with E-state index < -0.39 is 6.10 Å². The number of methoxy groups -OCH3 is 1. The molecule has 1 aromatic rings. The lowest BCUT2D eigenvalue weighted by atomic mass is 10.1. The number of aliphatic hydroxyl groups excluding tert-OH is 1. The third-order valence-corrected chi connectivity index (χ3v) is 3.31. The van der Waals surface area contributed by atoms with Crippen LogP contribution in [-0.2, 0) is 11.2 Å². The number of aromatic nitrogens is 2. The summed E-state index contributed by atoms with van der Waals surface area (Å²) in [7, 11) is 1.56. The van der Waals surface area contributed by atoms with Crippen molar-refractivity contribution in [1.29, 1.82) is 0 Å². The van der Waals surface area contributed by atoms with Crippen molar-refractivity contribution < 1.29 is 14.4 Å². The molecule has 1 aliphatic rings. The van der Waals surface area contributed by atoms with Crippen molar-refractivity contribution >= 4 is 0 Å². The van der Waals surface area contributed by atoms with E-state index in [-0.39, 0.29) is 6.61 Å². The van der Waals surface area contributed by atoms with Crippen LogP contribution in [-0.4, -0.2) is 35.1 Å². The van der Waals surface area contributed by atoms with E-state index in [0.717, 1.165) is 24.6 Å². The number of ether oxygens (including phenoxy) is 1. The molecular formula is C12H20N2O3. The SMILES string of the molecule is COCC(O)Cc1nc(C2CCC(C)C2)no1. The highest BCUT2D eigenvalue weighted by molar-refractivity contribution is 4.99. The number of nitrogens with zero attached hydrogens (tertiary/aromatic N) is 2. The lowest BCUT2D eigenvalue weighted by Gasteiger charge is -2.05. The molecule has 5 heteroatoms. The second-order valence-corrected chi connectivity index (χ2v) is 4.97. The second-order valence-electron chi connectivity index (χ2n) is 4.97. The molecule has 1 fully saturated rings. The summed E-state index contributed by atoms with van der Waals surface area (Å²) in [6.45, 7) is 2.54. The quantitative estimate of drug-likeness (QED) is 0.845. The Hall–Kier alpha value is -0.940. The Morgan fingerprint density at radius 2 is 2.35 bits per heavy atom. The Morgan fingerprint density at radius 1 is 1.53 bits per heavy atom. The minimum absolute atomic E-state index is 0.290. The lowest BCUT2D eigenvalue weighted by molar-refractivity contribution is 0.0599. The van der Waals surface area contributed by atoms with E-state index in [1.54, 1.807) is 7.11 Å². The van der Waals surface area contributed by atoms with Gasteiger partial charge in [-0.3, -0.25) is 0 Å². The summed E-state index contributed by atoms with van der Waals surface area (Å²) >= 11 is 0. The Balaban J connectivity index is 1.91. The van der Waals surface area contributed by atoms with Gasteiger partial charge in [0.05, 0.1) is 19.1 Å². The van der Waals surface area contributed by atoms with E-state index in [1.165, 1.54) is 6.42 Å². The molecule has 0 saturated heterocycles. The zero-order valence-corrected chi connectivity index (χ0v) is 10.4. The Labute approximate surface area is 101 Å². The predicted molar refractivity (Wildman–Crippen MR) is 61.6 cm³/mol. The first-order valence-corrected chi connectivity index (χ1v) is 6.18. The summed E-state index contributed by atoms with van der Waals surface area (Å²) in [6.07, 6.45) is 3.31. The molecule has 0 spiro atoms. The van der Waals surface area contributed by atoms with Gasteiger partial charge in [0.25, 0.3) is 0 Å². The van der Waals surface area contributed by atoms with Crippen LogP contribution in [0.5, 0.6) is 0 Å². The maximum Gasteiger partial charge on any atom is 0.229 e. The van der Waals surface area contributed by atoms with Gasteiger partial charge < -0.3 is 14.4 Å². The summed E-state index contributed by atoms with van der Waals surface area (Å²) in [6, 6.07) is 0. The standard InChI is InChI=1S/C12H20N2O3/c1-8-3-4-9(5-8)12-13-11(17-14-12)6-10(15)7-16-2/h8-10,15H,3-7H2,1-2H3. The number of rotatable bonds is 5. The molecule has 0 radical (unpaired) electrons. The zero-order chi connectivity index (χ0) is 12.3. The fraction of sp³-hybridized carbons (Fsp3) is 0.833. The van der Waals surface area contributed by atoms with Crippen molar-refractivity contribution in [1.82, 2.24) is 10.1 Å². The Bertz CT molecular complexity index is 353. The van der Waals surface area contributed by atoms with E-state index in [4.69, 9.17) is 9.26 Å². The van der Waals surface area contributed by atoms with Gasteiger partial charge in [0, 0.05) is 13.0 Å². The molecule has 5 nitrogen and oxygen atoms in total. The van der Waals surface area contributed by atoms with Gasteiger partial charge in [-0.25, -0.2) is 0 Å². The highest BCUT2D eigenvalue weighted by Crippen LogP contribution is 2.36. The van der Waals surface area contributed by atoms with Crippen molar-refractivity contribution in [2.75, 3.05) is 13.7 Å². The van der Waals surface area contributed by atoms with Gasteiger partial charge in [-0.2, -0.15) is 4.98 Å². The van der Waals surface area contributed by atoms with Crippen LogP contribution in [0.4, 0.5) is 0 Å². The Kier molecular flexibility index (Phi) is 4.12. The van der Waals surface area contributed by atoms with Gasteiger partial charge in [0.15, 0.2) is 5.82 Å². The number of hydrogen-bond donors (Lipinski definition) is 1. The third kappa shape index (κ3) is 3.26. The van der Waals surface area contributed by atoms with Gasteiger partial charge in [-0.05, 0) is 25.2 Å². The van der Waals surface area contributed by atoms with Crippen LogP contribution in [0.1, 0.15) is 43.8 Å². The Morgan fingerprint density at radius 3 is 3.00 bits per heavy atom. The highest BCUT2D eigenvalue weighted by Gasteiger charge is 2.27. The fourth-order valence-corrected chi connectivity index (χ4v) is 2.41. The van der Waals surface area contributed by atoms with Crippen LogP contribution in [0.2, 0.25) is 0 Å². The maximum absolute atomic E-state index is 9.57. The van der Waals surface area contributed by atoms with Crippen LogP contribution >= 0.6 is 0 Å². The molecule has 2 rings (SSSR count). The summed E-state index contributed by atoms with van der Waals surface area (Å²) in [5.41, 5.74) is 0. The first-order valence-electron chi connectivity index (χ1n) is 6.18. The largest absolute Gasteiger partial charge is 0.390 e. The predicted octanol–water partition coefficient (Wildman–Crippen LogP) is 1.52. The average molecular weight is 240 g/mol. The van der Waals surface area contributed by atoms with Crippen LogP contribution in [0.15, 0.2) is 4.52 Å². The molecule has 0 aromatic carbocycles. The van der Waals surface area contributed by atoms with E-state index in [2.05, 4.69) is 17.1 Å². The maximum atomic E-state index is 9.57. The first-order chi connectivity index (χ1) is 8.19. The molecule has 0 amide bonds. The number of hydrogen-bond acceptors (Lipinski definition) is 5. The monoisotopic (exact) mass is 240 g/mol. The fourth-order valence-electron chi connectivity index (χ4n) is 2.41. The topological polar surface area (TPSA) is 68.4 Å². The van der Waals surface area contributed by atoms with Crippen LogP contribution in [0, 0.1) is 5.92 Å². The number of aliphatic hydroxyl groups is 1. The molecule has 0 bridgehead atoms. The van der Waals surface area contributed by atoms with E-state index >= 15 is 0 Å². The molecule has 1 heterocycles. The van der Waals surface area contributed by atoms with Crippen molar-refractivity contribution in [2.45, 2.75) is 44.6 Å². The molecule has 3 atom stereocenters. The van der Waals surface area contributed by atoms with Crippen molar-refractivity contribution in [3.63, 3.8) is 0 Å². The van der Waals surface area contributed by atoms with Gasteiger partial charge in [-0.15, -0.1) is 0 Å². The summed E-state index contributed by atoms with van der Waals surface area (Å²) in [4.78, 5) is 4.36. The minimum atomic E-state index is -0.573. The lowest BCUT2D eigenvalue weighted by Crippen LogP contribution is -2.17. The van der Waals surface area contributed by atoms with E-state index in [1.807, 2.05) is 0 Å². The molecule has 1 aliphatic carbocycles. The summed E-state index contributed by atoms with van der Waals surface area (Å²) in [5, 5.41) is 13.6. The summed E-state index contributed by atoms with van der Waals surface area (Å²) in [5.74, 6) is 2.49. The van der Waals surface area contributed by atoms with Gasteiger partial charge in [0.2, 0.25) is 5.89 Å². The van der Waals surface area contributed by atoms with Crippen LogP contribution < -0.4 is 0 Å². The molecule has 1 N–H and O–H groups in total. The molecule has 17 heavy (non-hydrogen) atoms. The van der Waals surface area contributed by atoms with Crippen molar-refractivity contribution in [3.05, 3.63) is 11.7 Å². The van der Waals surface area contributed by atoms with Crippen molar-refractivity contribution in [2.24, 2.45) is 5.92 Å². The van der Waals surface area contributed by atoms with Gasteiger partial charge in [-0.1, -0.05) is 12.1 Å². The van der Waals surface area contributed by atoms with E-state index in [9.17, 15) is 5.11 Å². The molecular weight excluding hydrogens is 220 g/mol. The summed E-state index contributed by atoms with van der Waals surface area (Å²) < 4.78 is 10.0. The average Bonchev–Trinajstić information content (AvgIpc) is 2.87. The van der Waals surface area contributed by atoms with E-state index in [0.29, 0.717) is 18.2 Å². The minimum Gasteiger partial charge on any atom is -0.390 e. The van der Waals surface area contributed by atoms with Crippen LogP contribution in [0.25, 0.3) is 0 Å². The molecule has 96 valence electrons. The van der Waals surface area contributed by atoms with Crippen LogP contribution in [0.3, 0.4) is 0 Å². The van der Waals surface area contributed by atoms with Gasteiger partial charge >= 0.3 is 0 Å². The smallest absolute Gasteiger partial charge is 0.229 e. The molecule has 3 unspecified atom stereocenters. The molecule has 0 aliphatic heterocycles. The first kappa shape index (κ1) is 12.5. The molecule has 1 saturated carbocycles. The second kappa shape index (κ2) is 5.60. The highest BCUT2D eigenvalue weighted by atomic mass is 16.5. The van der Waals surface area contributed by atoms with Gasteiger partial charge in [0.1, 0.15) is 0 Å². The molecule has 1 aromatic heterocycles. The third-order valence-electron chi connectivity index (χ3n) is 3.31. The van der Waals surface area contributed by atoms with Crippen molar-refractivity contribution in [3.8, 4) is 0 Å². The normalized spacial score (nSPS) is 26.3. The zero-order valence-electron chi connectivity index (χ0n) is 10.4.